The number of methoxy groups -OCH3 is 1. The maximum absolute atomic E-state index is 13.2. The first-order chi connectivity index (χ1) is 12.0. The highest BCUT2D eigenvalue weighted by Gasteiger charge is 2.43. The summed E-state index contributed by atoms with van der Waals surface area (Å²) in [6, 6.07) is 15.1. The maximum atomic E-state index is 13.2. The van der Waals surface area contributed by atoms with E-state index >= 15 is 0 Å². The van der Waals surface area contributed by atoms with E-state index in [1.807, 2.05) is 49.6 Å². The monoisotopic (exact) mass is 357 g/mol. The van der Waals surface area contributed by atoms with Gasteiger partial charge in [-0.15, -0.1) is 0 Å². The number of rotatable bonds is 7. The number of aryl methyl sites for hydroxylation is 1. The van der Waals surface area contributed by atoms with Crippen molar-refractivity contribution in [2.24, 2.45) is 5.73 Å². The van der Waals surface area contributed by atoms with Crippen LogP contribution in [0.4, 0.5) is 0 Å². The minimum absolute atomic E-state index is 0.224. The van der Waals surface area contributed by atoms with E-state index in [0.717, 1.165) is 16.7 Å². The smallest absolute Gasteiger partial charge is 0.334 e. The van der Waals surface area contributed by atoms with Crippen molar-refractivity contribution < 1.29 is 14.3 Å². The van der Waals surface area contributed by atoms with Crippen molar-refractivity contribution in [3.63, 3.8) is 0 Å². The standard InChI is InChI=1S/C20H23NO3S/c1-14-8-4-5-9-15(14)16-10-6-7-11-17(16)18(22)20(21,12-13-25-3)19(23)24-2/h4-11H,12-13,21H2,1-3H3. The van der Waals surface area contributed by atoms with Crippen LogP contribution in [0.5, 0.6) is 0 Å². The fourth-order valence-corrected chi connectivity index (χ4v) is 3.31. The van der Waals surface area contributed by atoms with Crippen molar-refractivity contribution in [1.29, 1.82) is 0 Å². The van der Waals surface area contributed by atoms with Crippen LogP contribution in [0.1, 0.15) is 22.3 Å². The lowest BCUT2D eigenvalue weighted by atomic mass is 9.83. The Labute approximate surface area is 152 Å². The van der Waals surface area contributed by atoms with Gasteiger partial charge in [-0.05, 0) is 42.0 Å². The van der Waals surface area contributed by atoms with Crippen molar-refractivity contribution in [2.45, 2.75) is 18.9 Å². The molecule has 2 aromatic carbocycles. The van der Waals surface area contributed by atoms with Gasteiger partial charge in [-0.2, -0.15) is 11.8 Å². The molecule has 0 radical (unpaired) electrons. The second-order valence-corrected chi connectivity index (χ2v) is 6.88. The Morgan fingerprint density at radius 1 is 1.08 bits per heavy atom. The average Bonchev–Trinajstić information content (AvgIpc) is 2.65. The molecule has 0 amide bonds. The third-order valence-electron chi connectivity index (χ3n) is 4.26. The van der Waals surface area contributed by atoms with Crippen molar-refractivity contribution in [1.82, 2.24) is 0 Å². The van der Waals surface area contributed by atoms with Crippen LogP contribution < -0.4 is 5.73 Å². The lowest BCUT2D eigenvalue weighted by Crippen LogP contribution is -2.56. The van der Waals surface area contributed by atoms with Gasteiger partial charge >= 0.3 is 5.97 Å². The molecule has 0 aliphatic heterocycles. The van der Waals surface area contributed by atoms with E-state index in [0.29, 0.717) is 11.3 Å². The summed E-state index contributed by atoms with van der Waals surface area (Å²) < 4.78 is 4.83. The van der Waals surface area contributed by atoms with Crippen molar-refractivity contribution in [3.05, 3.63) is 59.7 Å². The van der Waals surface area contributed by atoms with E-state index in [-0.39, 0.29) is 6.42 Å². The molecular formula is C20H23NO3S. The van der Waals surface area contributed by atoms with Crippen LogP contribution in [0.2, 0.25) is 0 Å². The largest absolute Gasteiger partial charge is 0.467 e. The highest BCUT2D eigenvalue weighted by molar-refractivity contribution is 7.98. The number of hydrogen-bond acceptors (Lipinski definition) is 5. The first-order valence-corrected chi connectivity index (χ1v) is 9.41. The van der Waals surface area contributed by atoms with E-state index in [9.17, 15) is 9.59 Å². The number of ether oxygens (including phenoxy) is 1. The van der Waals surface area contributed by atoms with Gasteiger partial charge in [-0.25, -0.2) is 4.79 Å². The van der Waals surface area contributed by atoms with Gasteiger partial charge in [0.1, 0.15) is 0 Å². The molecular weight excluding hydrogens is 334 g/mol. The Balaban J connectivity index is 2.55. The molecule has 25 heavy (non-hydrogen) atoms. The van der Waals surface area contributed by atoms with Gasteiger partial charge in [0, 0.05) is 5.56 Å². The van der Waals surface area contributed by atoms with Crippen molar-refractivity contribution in [2.75, 3.05) is 19.1 Å². The van der Waals surface area contributed by atoms with Gasteiger partial charge < -0.3 is 10.5 Å². The summed E-state index contributed by atoms with van der Waals surface area (Å²) in [5, 5.41) is 0. The van der Waals surface area contributed by atoms with E-state index in [2.05, 4.69) is 0 Å². The van der Waals surface area contributed by atoms with Gasteiger partial charge in [0.2, 0.25) is 0 Å². The van der Waals surface area contributed by atoms with E-state index in [4.69, 9.17) is 10.5 Å². The third kappa shape index (κ3) is 3.94. The van der Waals surface area contributed by atoms with Crippen LogP contribution >= 0.6 is 11.8 Å². The Hall–Kier alpha value is -2.11. The minimum Gasteiger partial charge on any atom is -0.467 e. The summed E-state index contributed by atoms with van der Waals surface area (Å²) in [6.07, 6.45) is 2.13. The number of benzene rings is 2. The molecule has 4 nitrogen and oxygen atoms in total. The lowest BCUT2D eigenvalue weighted by molar-refractivity contribution is -0.145. The zero-order chi connectivity index (χ0) is 18.4. The first kappa shape index (κ1) is 19.2. The van der Waals surface area contributed by atoms with Gasteiger partial charge in [0.15, 0.2) is 11.3 Å². The fourth-order valence-electron chi connectivity index (χ4n) is 2.78. The predicted octanol–water partition coefficient (Wildman–Crippen LogP) is 3.47. The molecule has 1 unspecified atom stereocenters. The molecule has 0 aliphatic rings. The molecule has 0 heterocycles. The number of Topliss-reactive ketones (excluding diaryl/α,β-unsaturated/α-hetero) is 1. The molecule has 0 saturated heterocycles. The molecule has 0 aliphatic carbocycles. The lowest BCUT2D eigenvalue weighted by Gasteiger charge is -2.26. The summed E-state index contributed by atoms with van der Waals surface area (Å²) in [6.45, 7) is 1.99. The van der Waals surface area contributed by atoms with E-state index in [1.165, 1.54) is 18.9 Å². The number of carbonyl (C=O) groups is 2. The Morgan fingerprint density at radius 3 is 2.28 bits per heavy atom. The molecule has 1 atom stereocenters. The second-order valence-electron chi connectivity index (χ2n) is 5.90. The molecule has 2 aromatic rings. The van der Waals surface area contributed by atoms with Crippen LogP contribution in [0.3, 0.4) is 0 Å². The number of nitrogens with two attached hydrogens (primary N) is 1. The topological polar surface area (TPSA) is 69.4 Å². The van der Waals surface area contributed by atoms with Gasteiger partial charge in [-0.3, -0.25) is 4.79 Å². The van der Waals surface area contributed by atoms with Crippen LogP contribution in [0.25, 0.3) is 11.1 Å². The first-order valence-electron chi connectivity index (χ1n) is 8.01. The molecule has 0 bridgehead atoms. The van der Waals surface area contributed by atoms with Gasteiger partial charge in [0.25, 0.3) is 0 Å². The molecule has 132 valence electrons. The highest BCUT2D eigenvalue weighted by Crippen LogP contribution is 2.30. The predicted molar refractivity (Wildman–Crippen MR) is 103 cm³/mol. The second kappa shape index (κ2) is 8.32. The quantitative estimate of drug-likeness (QED) is 0.467. The third-order valence-corrected chi connectivity index (χ3v) is 4.87. The van der Waals surface area contributed by atoms with Crippen molar-refractivity contribution >= 4 is 23.5 Å². The molecule has 0 spiro atoms. The average molecular weight is 357 g/mol. The van der Waals surface area contributed by atoms with Gasteiger partial charge in [-0.1, -0.05) is 48.5 Å². The van der Waals surface area contributed by atoms with E-state index in [1.54, 1.807) is 12.1 Å². The fraction of sp³-hybridized carbons (Fsp3) is 0.300. The van der Waals surface area contributed by atoms with Crippen molar-refractivity contribution in [3.8, 4) is 11.1 Å². The Bertz CT molecular complexity index is 775. The summed E-state index contributed by atoms with van der Waals surface area (Å²) in [4.78, 5) is 25.5. The summed E-state index contributed by atoms with van der Waals surface area (Å²) in [5.41, 5.74) is 7.78. The number of ketones is 1. The van der Waals surface area contributed by atoms with E-state index < -0.39 is 17.3 Å². The summed E-state index contributed by atoms with van der Waals surface area (Å²) >= 11 is 1.53. The van der Waals surface area contributed by atoms with Crippen LogP contribution in [-0.4, -0.2) is 36.4 Å². The molecule has 0 aromatic heterocycles. The number of esters is 1. The summed E-state index contributed by atoms with van der Waals surface area (Å²) in [5.74, 6) is -0.525. The van der Waals surface area contributed by atoms with Crippen LogP contribution in [-0.2, 0) is 9.53 Å². The zero-order valence-corrected chi connectivity index (χ0v) is 15.6. The number of thioether (sulfide) groups is 1. The summed E-state index contributed by atoms with van der Waals surface area (Å²) in [7, 11) is 1.25. The highest BCUT2D eigenvalue weighted by atomic mass is 32.2. The molecule has 5 heteroatoms. The normalized spacial score (nSPS) is 13.1. The molecule has 0 fully saturated rings. The Morgan fingerprint density at radius 2 is 1.68 bits per heavy atom. The SMILES string of the molecule is COC(=O)C(N)(CCSC)C(=O)c1ccccc1-c1ccccc1C. The maximum Gasteiger partial charge on any atom is 0.334 e. The zero-order valence-electron chi connectivity index (χ0n) is 14.7. The Kier molecular flexibility index (Phi) is 6.39. The molecule has 2 rings (SSSR count). The minimum atomic E-state index is -1.68. The number of hydrogen-bond donors (Lipinski definition) is 1. The number of carbonyl (C=O) groups excluding carboxylic acids is 2. The van der Waals surface area contributed by atoms with Crippen LogP contribution in [0, 0.1) is 6.92 Å². The molecule has 2 N–H and O–H groups in total. The van der Waals surface area contributed by atoms with Crippen LogP contribution in [0.15, 0.2) is 48.5 Å². The molecule has 0 saturated carbocycles. The van der Waals surface area contributed by atoms with Gasteiger partial charge in [0.05, 0.1) is 7.11 Å².